The van der Waals surface area contributed by atoms with Gasteiger partial charge in [-0.3, -0.25) is 40.0 Å². The van der Waals surface area contributed by atoms with E-state index in [1.165, 1.54) is 28.5 Å². The first-order valence-corrected chi connectivity index (χ1v) is 21.0. The molecule has 2 unspecified atom stereocenters. The summed E-state index contributed by atoms with van der Waals surface area (Å²) in [5.74, 6) is -2.02. The molecule has 340 valence electrons. The molecule has 4 aromatic rings. The number of nitrogens with zero attached hydrogens (tertiary/aromatic N) is 6. The molecule has 0 spiro atoms. The highest BCUT2D eigenvalue weighted by molar-refractivity contribution is 6.20. The van der Waals surface area contributed by atoms with Crippen LogP contribution in [0.25, 0.3) is 0 Å². The van der Waals surface area contributed by atoms with E-state index >= 15 is 0 Å². The van der Waals surface area contributed by atoms with E-state index in [0.29, 0.717) is 11.4 Å². The summed E-state index contributed by atoms with van der Waals surface area (Å²) in [5.41, 5.74) is 10.5. The second-order valence-corrected chi connectivity index (χ2v) is 15.9. The second-order valence-electron chi connectivity index (χ2n) is 15.9. The zero-order valence-electron chi connectivity index (χ0n) is 38.0. The van der Waals surface area contributed by atoms with E-state index in [0.717, 1.165) is 67.0 Å². The first-order valence-electron chi connectivity index (χ1n) is 21.0. The number of aliphatic hydroxyl groups is 1. The van der Waals surface area contributed by atoms with Gasteiger partial charge in [0, 0.05) is 50.0 Å². The molecule has 2 N–H and O–H groups in total. The average molecular weight is 872 g/mol. The predicted octanol–water partition coefficient (Wildman–Crippen LogP) is 5.74. The number of aliphatic hydroxyl groups excluding tert-OH is 1. The standard InChI is InChI=1S/C24H29N3O4.C11H16N2O3.C6H8N2.C5H8O3/c1-14(2)30-23(28)21(11-18-13-25-12-15(3)26-18)31-24(29)27-22-19-8-4-6-16(19)10-17-7-5-9-20(17)22;1-7(2)16-11(15)10(14)4-9-6-12-5-8(3)13-9;1-5-3-7-4-6(2)8-5;1-4(2)8-5(7)3-6/h10,12-14,21H,4-9,11H2,1-3H3,(H,27,29);5-7,10,14H,4H2,1-3H3;2*3-4H,1-2H3. The van der Waals surface area contributed by atoms with E-state index in [9.17, 15) is 29.1 Å². The van der Waals surface area contributed by atoms with Crippen molar-refractivity contribution >= 4 is 36.0 Å². The topological polar surface area (TPSA) is 232 Å². The number of fused-ring (bicyclic) bond motifs is 2. The van der Waals surface area contributed by atoms with Crippen LogP contribution in [0.5, 0.6) is 0 Å². The Morgan fingerprint density at radius 3 is 1.48 bits per heavy atom. The normalized spacial score (nSPS) is 13.0. The largest absolute Gasteiger partial charge is 0.461 e. The molecule has 3 heterocycles. The SMILES string of the molecule is CC(C)OC(=O)C=O.Cc1cncc(C)n1.Cc1cncc(CC(O)C(=O)OC(C)C)n1.Cc1cncc(CC(OC(=O)Nc2c3c(cc4c2CCC4)CCC3)C(=O)OC(C)C)n1. The van der Waals surface area contributed by atoms with Gasteiger partial charge < -0.3 is 24.1 Å². The molecule has 17 nitrogen and oxygen atoms in total. The Hall–Kier alpha value is -6.23. The number of aryl methyl sites for hydroxylation is 6. The number of hydrogen-bond donors (Lipinski definition) is 2. The van der Waals surface area contributed by atoms with Crippen molar-refractivity contribution in [2.75, 3.05) is 5.32 Å². The maximum atomic E-state index is 12.9. The number of carbonyl (C=O) groups excluding carboxylic acids is 5. The van der Waals surface area contributed by atoms with Crippen LogP contribution in [0.4, 0.5) is 10.5 Å². The molecule has 3 aromatic heterocycles. The van der Waals surface area contributed by atoms with Crippen molar-refractivity contribution in [3.63, 3.8) is 0 Å². The number of benzene rings is 1. The lowest BCUT2D eigenvalue weighted by molar-refractivity contribution is -0.158. The van der Waals surface area contributed by atoms with Crippen molar-refractivity contribution in [3.05, 3.63) is 99.7 Å². The number of aldehydes is 1. The number of rotatable bonds is 12. The molecule has 1 amide bonds. The second kappa shape index (κ2) is 25.6. The number of esters is 3. The number of ether oxygens (including phenoxy) is 4. The fraction of sp³-hybridized carbons (Fsp3) is 0.500. The Morgan fingerprint density at radius 2 is 1.06 bits per heavy atom. The summed E-state index contributed by atoms with van der Waals surface area (Å²) in [6.45, 7) is 17.8. The minimum atomic E-state index is -1.18. The van der Waals surface area contributed by atoms with Crippen LogP contribution in [-0.4, -0.2) is 95.8 Å². The van der Waals surface area contributed by atoms with Crippen molar-refractivity contribution in [3.8, 4) is 0 Å². The summed E-state index contributed by atoms with van der Waals surface area (Å²) < 4.78 is 20.2. The van der Waals surface area contributed by atoms with Gasteiger partial charge in [0.1, 0.15) is 0 Å². The van der Waals surface area contributed by atoms with Crippen molar-refractivity contribution < 1.29 is 48.0 Å². The monoisotopic (exact) mass is 871 g/mol. The van der Waals surface area contributed by atoms with Crippen LogP contribution < -0.4 is 5.32 Å². The van der Waals surface area contributed by atoms with Crippen molar-refractivity contribution in [2.24, 2.45) is 0 Å². The van der Waals surface area contributed by atoms with Gasteiger partial charge in [-0.15, -0.1) is 0 Å². The van der Waals surface area contributed by atoms with Crippen LogP contribution in [0.1, 0.15) is 111 Å². The van der Waals surface area contributed by atoms with E-state index in [2.05, 4.69) is 46.0 Å². The number of carbonyl (C=O) groups is 5. The summed E-state index contributed by atoms with van der Waals surface area (Å²) in [4.78, 5) is 81.0. The quantitative estimate of drug-likeness (QED) is 0.0747. The lowest BCUT2D eigenvalue weighted by Crippen LogP contribution is -2.34. The Balaban J connectivity index is 0.000000272. The van der Waals surface area contributed by atoms with Crippen LogP contribution in [0.3, 0.4) is 0 Å². The average Bonchev–Trinajstić information content (AvgIpc) is 3.88. The van der Waals surface area contributed by atoms with E-state index in [1.807, 2.05) is 20.8 Å². The molecule has 0 bridgehead atoms. The van der Waals surface area contributed by atoms with Gasteiger partial charge in [0.2, 0.25) is 12.4 Å². The lowest BCUT2D eigenvalue weighted by atomic mass is 9.99. The number of hydrogen-bond acceptors (Lipinski definition) is 16. The molecule has 2 atom stereocenters. The smallest absolute Gasteiger partial charge is 0.412 e. The summed E-state index contributed by atoms with van der Waals surface area (Å²) in [7, 11) is 0. The molecule has 0 radical (unpaired) electrons. The van der Waals surface area contributed by atoms with Gasteiger partial charge in [-0.05, 0) is 130 Å². The molecule has 0 aliphatic heterocycles. The summed E-state index contributed by atoms with van der Waals surface area (Å²) in [5, 5.41) is 12.5. The van der Waals surface area contributed by atoms with E-state index in [1.54, 1.807) is 79.5 Å². The molecule has 17 heteroatoms. The third-order valence-electron chi connectivity index (χ3n) is 8.92. The summed E-state index contributed by atoms with van der Waals surface area (Å²) in [6, 6.07) is 2.31. The zero-order valence-corrected chi connectivity index (χ0v) is 38.0. The van der Waals surface area contributed by atoms with Gasteiger partial charge in [-0.25, -0.2) is 19.2 Å². The molecular formula is C46H61N7O10. The number of nitrogens with one attached hydrogen (secondary N) is 1. The third kappa shape index (κ3) is 18.3. The molecule has 6 rings (SSSR count). The van der Waals surface area contributed by atoms with Crippen LogP contribution in [0.2, 0.25) is 0 Å². The fourth-order valence-electron chi connectivity index (χ4n) is 6.57. The van der Waals surface area contributed by atoms with Crippen LogP contribution >= 0.6 is 0 Å². The first-order chi connectivity index (χ1) is 29.8. The minimum absolute atomic E-state index is 0.110. The van der Waals surface area contributed by atoms with Gasteiger partial charge in [0.15, 0.2) is 6.10 Å². The molecule has 0 fully saturated rings. The first kappa shape index (κ1) is 51.1. The molecule has 2 aliphatic carbocycles. The Bertz CT molecular complexity index is 2110. The van der Waals surface area contributed by atoms with Gasteiger partial charge in [0.05, 0.1) is 58.2 Å². The van der Waals surface area contributed by atoms with Gasteiger partial charge in [-0.1, -0.05) is 6.07 Å². The van der Waals surface area contributed by atoms with Crippen LogP contribution in [-0.2, 0) is 76.7 Å². The van der Waals surface area contributed by atoms with Crippen LogP contribution in [0.15, 0.2) is 43.2 Å². The molecular weight excluding hydrogens is 811 g/mol. The van der Waals surface area contributed by atoms with Gasteiger partial charge >= 0.3 is 24.0 Å². The Kier molecular flexibility index (Phi) is 20.8. The van der Waals surface area contributed by atoms with E-state index < -0.39 is 36.2 Å². The Morgan fingerprint density at radius 1 is 0.619 bits per heavy atom. The highest BCUT2D eigenvalue weighted by Crippen LogP contribution is 2.38. The minimum Gasteiger partial charge on any atom is -0.461 e. The van der Waals surface area contributed by atoms with E-state index in [-0.39, 0.29) is 37.4 Å². The fourth-order valence-corrected chi connectivity index (χ4v) is 6.57. The number of anilines is 1. The number of aromatic nitrogens is 6. The molecule has 2 aliphatic rings. The zero-order chi connectivity index (χ0) is 46.6. The lowest BCUT2D eigenvalue weighted by Gasteiger charge is -2.20. The highest BCUT2D eigenvalue weighted by Gasteiger charge is 2.30. The highest BCUT2D eigenvalue weighted by atomic mass is 16.6. The maximum Gasteiger partial charge on any atom is 0.412 e. The van der Waals surface area contributed by atoms with Gasteiger partial charge in [0.25, 0.3) is 0 Å². The van der Waals surface area contributed by atoms with Crippen molar-refractivity contribution in [1.29, 1.82) is 0 Å². The van der Waals surface area contributed by atoms with Crippen molar-refractivity contribution in [1.82, 2.24) is 29.9 Å². The van der Waals surface area contributed by atoms with E-state index in [4.69, 9.17) is 14.2 Å². The predicted molar refractivity (Wildman–Crippen MR) is 233 cm³/mol. The summed E-state index contributed by atoms with van der Waals surface area (Å²) in [6.07, 6.45) is 12.7. The molecule has 0 saturated carbocycles. The maximum absolute atomic E-state index is 12.9. The number of amides is 1. The van der Waals surface area contributed by atoms with Gasteiger partial charge in [-0.2, -0.15) is 0 Å². The van der Waals surface area contributed by atoms with Crippen molar-refractivity contribution in [2.45, 2.75) is 151 Å². The molecule has 1 aromatic carbocycles. The summed E-state index contributed by atoms with van der Waals surface area (Å²) >= 11 is 0. The molecule has 0 saturated heterocycles. The van der Waals surface area contributed by atoms with Crippen LogP contribution in [0, 0.1) is 27.7 Å². The Labute approximate surface area is 369 Å². The third-order valence-corrected chi connectivity index (χ3v) is 8.92. The molecule has 63 heavy (non-hydrogen) atoms.